The number of hydrogen-bond donors (Lipinski definition) is 2. The van der Waals surface area contributed by atoms with E-state index in [1.54, 1.807) is 31.2 Å². The molecule has 0 fully saturated rings. The molecule has 1 aromatic carbocycles. The van der Waals surface area contributed by atoms with Crippen LogP contribution in [0.15, 0.2) is 24.3 Å². The van der Waals surface area contributed by atoms with Crippen molar-refractivity contribution in [3.05, 3.63) is 34.9 Å². The van der Waals surface area contributed by atoms with Crippen LogP contribution in [0.1, 0.15) is 25.8 Å². The van der Waals surface area contributed by atoms with Gasteiger partial charge in [-0.3, -0.25) is 20.4 Å². The second-order valence-corrected chi connectivity index (χ2v) is 4.59. The van der Waals surface area contributed by atoms with Crippen LogP contribution in [0.3, 0.4) is 0 Å². The Kier molecular flexibility index (Phi) is 5.65. The van der Waals surface area contributed by atoms with Gasteiger partial charge in [0.05, 0.1) is 6.42 Å². The van der Waals surface area contributed by atoms with Crippen molar-refractivity contribution in [2.45, 2.75) is 26.7 Å². The number of benzene rings is 1. The van der Waals surface area contributed by atoms with Crippen LogP contribution in [0, 0.1) is 5.92 Å². The molecule has 5 heteroatoms. The van der Waals surface area contributed by atoms with Crippen LogP contribution >= 0.6 is 11.6 Å². The molecular formula is C13H17ClN2O2. The first-order valence-electron chi connectivity index (χ1n) is 5.86. The third kappa shape index (κ3) is 4.75. The monoisotopic (exact) mass is 268 g/mol. The molecule has 1 aromatic rings. The van der Waals surface area contributed by atoms with Crippen LogP contribution in [0.4, 0.5) is 0 Å². The van der Waals surface area contributed by atoms with Crippen LogP contribution in [0.25, 0.3) is 0 Å². The van der Waals surface area contributed by atoms with Gasteiger partial charge >= 0.3 is 0 Å². The Morgan fingerprint density at radius 1 is 1.22 bits per heavy atom. The smallest absolute Gasteiger partial charge is 0.242 e. The molecule has 98 valence electrons. The zero-order chi connectivity index (χ0) is 13.5. The molecule has 1 unspecified atom stereocenters. The summed E-state index contributed by atoms with van der Waals surface area (Å²) in [6, 6.07) is 7.00. The van der Waals surface area contributed by atoms with Crippen molar-refractivity contribution in [3.8, 4) is 0 Å². The minimum Gasteiger partial charge on any atom is -0.273 e. The molecule has 0 spiro atoms. The maximum atomic E-state index is 11.6. The van der Waals surface area contributed by atoms with E-state index in [0.717, 1.165) is 12.0 Å². The average Bonchev–Trinajstić information content (AvgIpc) is 2.37. The van der Waals surface area contributed by atoms with Gasteiger partial charge in [-0.1, -0.05) is 37.6 Å². The van der Waals surface area contributed by atoms with Gasteiger partial charge in [-0.25, -0.2) is 0 Å². The Hall–Kier alpha value is -1.55. The summed E-state index contributed by atoms with van der Waals surface area (Å²) in [5.41, 5.74) is 5.63. The van der Waals surface area contributed by atoms with E-state index in [0.29, 0.717) is 5.02 Å². The largest absolute Gasteiger partial charge is 0.273 e. The molecular weight excluding hydrogens is 252 g/mol. The van der Waals surface area contributed by atoms with E-state index in [-0.39, 0.29) is 24.2 Å². The van der Waals surface area contributed by atoms with Crippen molar-refractivity contribution in [1.29, 1.82) is 0 Å². The van der Waals surface area contributed by atoms with E-state index in [2.05, 4.69) is 10.9 Å². The van der Waals surface area contributed by atoms with Crippen molar-refractivity contribution in [2.24, 2.45) is 5.92 Å². The van der Waals surface area contributed by atoms with Crippen LogP contribution in [-0.2, 0) is 16.0 Å². The molecule has 4 nitrogen and oxygen atoms in total. The van der Waals surface area contributed by atoms with Crippen molar-refractivity contribution in [3.63, 3.8) is 0 Å². The Morgan fingerprint density at radius 2 is 1.83 bits per heavy atom. The molecule has 0 aliphatic heterocycles. The van der Waals surface area contributed by atoms with E-state index >= 15 is 0 Å². The lowest BCUT2D eigenvalue weighted by Crippen LogP contribution is -2.44. The molecule has 0 aromatic heterocycles. The highest BCUT2D eigenvalue weighted by Gasteiger charge is 2.11. The predicted octanol–water partition coefficient (Wildman–Crippen LogP) is 2.08. The normalized spacial score (nSPS) is 11.7. The molecule has 0 aliphatic rings. The SMILES string of the molecule is CCC(C)C(=O)NNC(=O)Cc1ccc(Cl)cc1. The highest BCUT2D eigenvalue weighted by Crippen LogP contribution is 2.09. The minimum absolute atomic E-state index is 0.110. The summed E-state index contributed by atoms with van der Waals surface area (Å²) in [5.74, 6) is -0.545. The number of nitrogens with one attached hydrogen (secondary N) is 2. The molecule has 0 heterocycles. The predicted molar refractivity (Wildman–Crippen MR) is 70.9 cm³/mol. The summed E-state index contributed by atoms with van der Waals surface area (Å²) in [5, 5.41) is 0.629. The lowest BCUT2D eigenvalue weighted by molar-refractivity contribution is -0.130. The van der Waals surface area contributed by atoms with E-state index in [1.165, 1.54) is 0 Å². The lowest BCUT2D eigenvalue weighted by atomic mass is 10.1. The quantitative estimate of drug-likeness (QED) is 0.822. The van der Waals surface area contributed by atoms with E-state index in [4.69, 9.17) is 11.6 Å². The van der Waals surface area contributed by atoms with Crippen LogP contribution in [0.2, 0.25) is 5.02 Å². The fraction of sp³-hybridized carbons (Fsp3) is 0.385. The Labute approximate surface area is 112 Å². The zero-order valence-electron chi connectivity index (χ0n) is 10.5. The van der Waals surface area contributed by atoms with Gasteiger partial charge in [0.2, 0.25) is 11.8 Å². The standard InChI is InChI=1S/C13H17ClN2O2/c1-3-9(2)13(18)16-15-12(17)8-10-4-6-11(14)7-5-10/h4-7,9H,3,8H2,1-2H3,(H,15,17)(H,16,18). The molecule has 2 amide bonds. The first-order chi connectivity index (χ1) is 8.52. The van der Waals surface area contributed by atoms with Crippen molar-refractivity contribution < 1.29 is 9.59 Å². The molecule has 18 heavy (non-hydrogen) atoms. The van der Waals surface area contributed by atoms with Gasteiger partial charge in [0.15, 0.2) is 0 Å². The van der Waals surface area contributed by atoms with E-state index < -0.39 is 0 Å². The molecule has 1 rings (SSSR count). The zero-order valence-corrected chi connectivity index (χ0v) is 11.3. The molecule has 1 atom stereocenters. The molecule has 2 N–H and O–H groups in total. The van der Waals surface area contributed by atoms with Gasteiger partial charge < -0.3 is 0 Å². The Balaban J connectivity index is 2.38. The third-order valence-corrected chi connectivity index (χ3v) is 2.91. The fourth-order valence-electron chi connectivity index (χ4n) is 1.27. The highest BCUT2D eigenvalue weighted by molar-refractivity contribution is 6.30. The second kappa shape index (κ2) is 7.01. The molecule has 0 aliphatic carbocycles. The first-order valence-corrected chi connectivity index (χ1v) is 6.24. The summed E-state index contributed by atoms with van der Waals surface area (Å²) in [4.78, 5) is 23.0. The maximum Gasteiger partial charge on any atom is 0.242 e. The van der Waals surface area contributed by atoms with Crippen molar-refractivity contribution in [1.82, 2.24) is 10.9 Å². The van der Waals surface area contributed by atoms with Crippen LogP contribution in [0.5, 0.6) is 0 Å². The third-order valence-electron chi connectivity index (χ3n) is 2.66. The number of amides is 2. The number of halogens is 1. The Morgan fingerprint density at radius 3 is 2.39 bits per heavy atom. The van der Waals surface area contributed by atoms with E-state index in [9.17, 15) is 9.59 Å². The van der Waals surface area contributed by atoms with Crippen molar-refractivity contribution in [2.75, 3.05) is 0 Å². The molecule has 0 saturated heterocycles. The summed E-state index contributed by atoms with van der Waals surface area (Å²) in [7, 11) is 0. The summed E-state index contributed by atoms with van der Waals surface area (Å²) >= 11 is 5.74. The summed E-state index contributed by atoms with van der Waals surface area (Å²) < 4.78 is 0. The van der Waals surface area contributed by atoms with Gasteiger partial charge in [-0.15, -0.1) is 0 Å². The van der Waals surface area contributed by atoms with Gasteiger partial charge in [0.1, 0.15) is 0 Å². The number of carbonyl (C=O) groups is 2. The van der Waals surface area contributed by atoms with Gasteiger partial charge in [-0.05, 0) is 24.1 Å². The van der Waals surface area contributed by atoms with Crippen LogP contribution < -0.4 is 10.9 Å². The first kappa shape index (κ1) is 14.5. The fourth-order valence-corrected chi connectivity index (χ4v) is 1.40. The number of rotatable bonds is 4. The molecule has 0 saturated carbocycles. The van der Waals surface area contributed by atoms with Gasteiger partial charge in [-0.2, -0.15) is 0 Å². The topological polar surface area (TPSA) is 58.2 Å². The number of hydrogen-bond acceptors (Lipinski definition) is 2. The maximum absolute atomic E-state index is 11.6. The summed E-state index contributed by atoms with van der Waals surface area (Å²) in [6.07, 6.45) is 0.941. The van der Waals surface area contributed by atoms with Gasteiger partial charge in [0, 0.05) is 10.9 Å². The van der Waals surface area contributed by atoms with Crippen LogP contribution in [-0.4, -0.2) is 11.8 Å². The highest BCUT2D eigenvalue weighted by atomic mass is 35.5. The molecule has 0 bridgehead atoms. The van der Waals surface area contributed by atoms with E-state index in [1.807, 2.05) is 6.92 Å². The van der Waals surface area contributed by atoms with Gasteiger partial charge in [0.25, 0.3) is 0 Å². The summed E-state index contributed by atoms with van der Waals surface area (Å²) in [6.45, 7) is 3.72. The minimum atomic E-state index is -0.256. The number of hydrazine groups is 1. The lowest BCUT2D eigenvalue weighted by Gasteiger charge is -2.11. The molecule has 0 radical (unpaired) electrons. The van der Waals surface area contributed by atoms with Crippen molar-refractivity contribution >= 4 is 23.4 Å². The average molecular weight is 269 g/mol. The number of carbonyl (C=O) groups excluding carboxylic acids is 2. The second-order valence-electron chi connectivity index (χ2n) is 4.15. The Bertz CT molecular complexity index is 418.